The van der Waals surface area contributed by atoms with E-state index in [2.05, 4.69) is 20.2 Å². The second-order valence-electron chi connectivity index (χ2n) is 8.32. The van der Waals surface area contributed by atoms with Crippen LogP contribution in [0.25, 0.3) is 33.5 Å². The Kier molecular flexibility index (Phi) is 7.72. The molecule has 0 saturated heterocycles. The SMILES string of the molecule is CCOC(=O)c1ccn2ncc(-c3cccc(Cl)c3)c2n1.O=C(O)c1ccn2ncc(-c3cccc(Cl)c3)c2n1. The number of rotatable bonds is 5. The molecule has 0 aliphatic heterocycles. The molecular formula is C28H20Cl2N6O4. The van der Waals surface area contributed by atoms with E-state index in [1.54, 1.807) is 60.5 Å². The number of carbonyl (C=O) groups is 2. The van der Waals surface area contributed by atoms with Crippen LogP contribution in [0.3, 0.4) is 0 Å². The molecule has 40 heavy (non-hydrogen) atoms. The molecule has 200 valence electrons. The average molecular weight is 575 g/mol. The van der Waals surface area contributed by atoms with E-state index in [0.717, 1.165) is 22.3 Å². The number of carbonyl (C=O) groups excluding carboxylic acids is 1. The number of hydrogen-bond donors (Lipinski definition) is 1. The van der Waals surface area contributed by atoms with Crippen molar-refractivity contribution in [2.45, 2.75) is 6.92 Å². The molecule has 0 saturated carbocycles. The molecule has 0 bridgehead atoms. The van der Waals surface area contributed by atoms with Crippen molar-refractivity contribution < 1.29 is 19.4 Å². The quantitative estimate of drug-likeness (QED) is 0.249. The molecule has 2 aromatic carbocycles. The summed E-state index contributed by atoms with van der Waals surface area (Å²) >= 11 is 12.0. The van der Waals surface area contributed by atoms with Crippen LogP contribution in [0.5, 0.6) is 0 Å². The second-order valence-corrected chi connectivity index (χ2v) is 9.20. The molecule has 12 heteroatoms. The Hall–Kier alpha value is -4.80. The Balaban J connectivity index is 0.000000162. The maximum atomic E-state index is 11.8. The molecule has 4 aromatic heterocycles. The van der Waals surface area contributed by atoms with Crippen molar-refractivity contribution in [3.8, 4) is 22.3 Å². The van der Waals surface area contributed by atoms with Crippen molar-refractivity contribution in [1.82, 2.24) is 29.2 Å². The zero-order chi connectivity index (χ0) is 28.2. The second kappa shape index (κ2) is 11.5. The smallest absolute Gasteiger partial charge is 0.357 e. The molecule has 0 amide bonds. The van der Waals surface area contributed by atoms with Crippen molar-refractivity contribution in [3.05, 3.63) is 107 Å². The number of hydrogen-bond acceptors (Lipinski definition) is 7. The van der Waals surface area contributed by atoms with Crippen LogP contribution in [0.4, 0.5) is 0 Å². The number of esters is 1. The number of nitrogens with zero attached hydrogens (tertiary/aromatic N) is 6. The van der Waals surface area contributed by atoms with Gasteiger partial charge in [0.15, 0.2) is 22.7 Å². The zero-order valence-electron chi connectivity index (χ0n) is 20.9. The molecule has 0 fully saturated rings. The van der Waals surface area contributed by atoms with E-state index in [-0.39, 0.29) is 11.4 Å². The third-order valence-electron chi connectivity index (χ3n) is 5.71. The first kappa shape index (κ1) is 26.8. The number of carboxylic acid groups (broad SMARTS) is 1. The Labute approximate surface area is 237 Å². The number of ether oxygens (including phenoxy) is 1. The van der Waals surface area contributed by atoms with Crippen LogP contribution in [-0.2, 0) is 4.74 Å². The Morgan fingerprint density at radius 3 is 1.77 bits per heavy atom. The van der Waals surface area contributed by atoms with Crippen molar-refractivity contribution in [2.75, 3.05) is 6.61 Å². The van der Waals surface area contributed by atoms with Gasteiger partial charge in [-0.3, -0.25) is 0 Å². The molecular weight excluding hydrogens is 555 g/mol. The van der Waals surface area contributed by atoms with Gasteiger partial charge in [-0.25, -0.2) is 28.6 Å². The van der Waals surface area contributed by atoms with Gasteiger partial charge in [-0.05, 0) is 54.4 Å². The largest absolute Gasteiger partial charge is 0.477 e. The van der Waals surface area contributed by atoms with Crippen LogP contribution in [0.15, 0.2) is 85.5 Å². The minimum Gasteiger partial charge on any atom is -0.477 e. The molecule has 0 unspecified atom stereocenters. The van der Waals surface area contributed by atoms with Crippen molar-refractivity contribution in [2.24, 2.45) is 0 Å². The molecule has 4 heterocycles. The van der Waals surface area contributed by atoms with Gasteiger partial charge < -0.3 is 9.84 Å². The van der Waals surface area contributed by atoms with Gasteiger partial charge in [0.1, 0.15) is 0 Å². The van der Waals surface area contributed by atoms with E-state index in [0.29, 0.717) is 27.9 Å². The first-order valence-corrected chi connectivity index (χ1v) is 12.7. The van der Waals surface area contributed by atoms with E-state index in [9.17, 15) is 9.59 Å². The maximum Gasteiger partial charge on any atom is 0.357 e. The highest BCUT2D eigenvalue weighted by atomic mass is 35.5. The lowest BCUT2D eigenvalue weighted by Gasteiger charge is -2.03. The van der Waals surface area contributed by atoms with Gasteiger partial charge in [0.25, 0.3) is 0 Å². The minimum atomic E-state index is -1.07. The van der Waals surface area contributed by atoms with Crippen LogP contribution in [0.1, 0.15) is 27.9 Å². The lowest BCUT2D eigenvalue weighted by Crippen LogP contribution is -2.08. The highest BCUT2D eigenvalue weighted by molar-refractivity contribution is 6.31. The molecule has 1 N–H and O–H groups in total. The monoisotopic (exact) mass is 574 g/mol. The summed E-state index contributed by atoms with van der Waals surface area (Å²) in [6.07, 6.45) is 6.59. The topological polar surface area (TPSA) is 124 Å². The van der Waals surface area contributed by atoms with Gasteiger partial charge in [-0.1, -0.05) is 47.5 Å². The first-order valence-electron chi connectivity index (χ1n) is 11.9. The summed E-state index contributed by atoms with van der Waals surface area (Å²) in [7, 11) is 0. The highest BCUT2D eigenvalue weighted by Gasteiger charge is 2.14. The highest BCUT2D eigenvalue weighted by Crippen LogP contribution is 2.27. The summed E-state index contributed by atoms with van der Waals surface area (Å²) in [6.45, 7) is 2.07. The van der Waals surface area contributed by atoms with E-state index in [1.807, 2.05) is 30.3 Å². The molecule has 0 aliphatic rings. The summed E-state index contributed by atoms with van der Waals surface area (Å²) in [5, 5.41) is 18.6. The number of carboxylic acids is 1. The van der Waals surface area contributed by atoms with Gasteiger partial charge in [-0.15, -0.1) is 0 Å². The summed E-state index contributed by atoms with van der Waals surface area (Å²) < 4.78 is 8.11. The van der Waals surface area contributed by atoms with Crippen LogP contribution >= 0.6 is 23.2 Å². The fourth-order valence-corrected chi connectivity index (χ4v) is 4.28. The van der Waals surface area contributed by atoms with E-state index < -0.39 is 11.9 Å². The lowest BCUT2D eigenvalue weighted by molar-refractivity contribution is 0.0519. The minimum absolute atomic E-state index is 0.0173. The van der Waals surface area contributed by atoms with E-state index in [1.165, 1.54) is 10.6 Å². The standard InChI is InChI=1S/C15H12ClN3O2.C13H8ClN3O2/c1-2-21-15(20)13-6-7-19-14(18-13)12(9-17-19)10-4-3-5-11(16)8-10;14-9-3-1-2-8(6-9)10-7-15-17-5-4-11(13(18)19)16-12(10)17/h3-9H,2H2,1H3;1-7H,(H,18,19). The Morgan fingerprint density at radius 1 is 0.800 bits per heavy atom. The van der Waals surface area contributed by atoms with Crippen molar-refractivity contribution >= 4 is 46.4 Å². The molecule has 0 atom stereocenters. The molecule has 0 spiro atoms. The van der Waals surface area contributed by atoms with E-state index in [4.69, 9.17) is 33.0 Å². The van der Waals surface area contributed by atoms with Crippen LogP contribution in [0.2, 0.25) is 10.0 Å². The third kappa shape index (κ3) is 5.63. The Morgan fingerprint density at radius 2 is 1.30 bits per heavy atom. The number of aromatic nitrogens is 6. The first-order chi connectivity index (χ1) is 19.3. The number of aromatic carboxylic acids is 1. The van der Waals surface area contributed by atoms with Gasteiger partial charge in [-0.2, -0.15) is 10.2 Å². The van der Waals surface area contributed by atoms with E-state index >= 15 is 0 Å². The van der Waals surface area contributed by atoms with Gasteiger partial charge in [0, 0.05) is 33.6 Å². The summed E-state index contributed by atoms with van der Waals surface area (Å²) in [6, 6.07) is 17.6. The van der Waals surface area contributed by atoms with Gasteiger partial charge in [0.2, 0.25) is 0 Å². The van der Waals surface area contributed by atoms with Crippen LogP contribution < -0.4 is 0 Å². The molecule has 10 nitrogen and oxygen atoms in total. The van der Waals surface area contributed by atoms with Crippen molar-refractivity contribution in [1.29, 1.82) is 0 Å². The lowest BCUT2D eigenvalue weighted by atomic mass is 10.1. The number of halogens is 2. The molecule has 0 radical (unpaired) electrons. The number of fused-ring (bicyclic) bond motifs is 2. The van der Waals surface area contributed by atoms with Gasteiger partial charge in [0.05, 0.1) is 19.0 Å². The molecule has 6 aromatic rings. The predicted molar refractivity (Wildman–Crippen MR) is 150 cm³/mol. The fraction of sp³-hybridized carbons (Fsp3) is 0.0714. The third-order valence-corrected chi connectivity index (χ3v) is 6.18. The Bertz CT molecular complexity index is 1870. The summed E-state index contributed by atoms with van der Waals surface area (Å²) in [5.74, 6) is -1.51. The summed E-state index contributed by atoms with van der Waals surface area (Å²) in [4.78, 5) is 31.2. The van der Waals surface area contributed by atoms with Crippen molar-refractivity contribution in [3.63, 3.8) is 0 Å². The molecule has 6 rings (SSSR count). The van der Waals surface area contributed by atoms with Crippen LogP contribution in [-0.4, -0.2) is 52.8 Å². The van der Waals surface area contributed by atoms with Crippen LogP contribution in [0, 0.1) is 0 Å². The normalized spacial score (nSPS) is 10.8. The zero-order valence-corrected chi connectivity index (χ0v) is 22.4. The summed E-state index contributed by atoms with van der Waals surface area (Å²) in [5.41, 5.74) is 4.60. The average Bonchev–Trinajstić information content (AvgIpc) is 3.57. The predicted octanol–water partition coefficient (Wildman–Crippen LogP) is 5.97. The van der Waals surface area contributed by atoms with Gasteiger partial charge >= 0.3 is 11.9 Å². The molecule has 0 aliphatic carbocycles. The maximum absolute atomic E-state index is 11.8. The number of benzene rings is 2. The fourth-order valence-electron chi connectivity index (χ4n) is 3.89.